The van der Waals surface area contributed by atoms with Crippen LogP contribution in [0.5, 0.6) is 0 Å². The molecule has 0 saturated carbocycles. The molecule has 2 N–H and O–H groups in total. The molecule has 5 heteroatoms. The number of carbonyl (C=O) groups is 1. The maximum Gasteiger partial charge on any atom is 0.318 e. The SMILES string of the molecule is CC1OCCC1NC(=O)N(CCCO)C1CCCc2ccccc21. The summed E-state index contributed by atoms with van der Waals surface area (Å²) in [5.41, 5.74) is 2.60. The summed E-state index contributed by atoms with van der Waals surface area (Å²) in [5.74, 6) is 0. The fourth-order valence-electron chi connectivity index (χ4n) is 3.85. The van der Waals surface area contributed by atoms with E-state index in [2.05, 4.69) is 23.5 Å². The highest BCUT2D eigenvalue weighted by Crippen LogP contribution is 2.34. The number of carbonyl (C=O) groups excluding carboxylic acids is 1. The third-order valence-electron chi connectivity index (χ3n) is 5.22. The van der Waals surface area contributed by atoms with Crippen molar-refractivity contribution < 1.29 is 14.6 Å². The molecule has 1 aromatic carbocycles. The number of hydrogen-bond donors (Lipinski definition) is 2. The highest BCUT2D eigenvalue weighted by molar-refractivity contribution is 5.75. The molecule has 2 amide bonds. The van der Waals surface area contributed by atoms with E-state index < -0.39 is 0 Å². The summed E-state index contributed by atoms with van der Waals surface area (Å²) in [6.07, 6.45) is 4.67. The van der Waals surface area contributed by atoms with Gasteiger partial charge in [-0.2, -0.15) is 0 Å². The molecular formula is C19H28N2O3. The van der Waals surface area contributed by atoms with E-state index in [0.29, 0.717) is 19.6 Å². The summed E-state index contributed by atoms with van der Waals surface area (Å²) < 4.78 is 5.56. The molecule has 3 unspecified atom stereocenters. The number of ether oxygens (including phenoxy) is 1. The second-order valence-electron chi connectivity index (χ2n) is 6.80. The fourth-order valence-corrected chi connectivity index (χ4v) is 3.85. The molecule has 1 aliphatic heterocycles. The first-order valence-corrected chi connectivity index (χ1v) is 9.08. The van der Waals surface area contributed by atoms with E-state index in [1.807, 2.05) is 17.9 Å². The van der Waals surface area contributed by atoms with Gasteiger partial charge in [0.1, 0.15) is 0 Å². The van der Waals surface area contributed by atoms with Gasteiger partial charge in [0, 0.05) is 19.8 Å². The van der Waals surface area contributed by atoms with Gasteiger partial charge in [-0.05, 0) is 50.2 Å². The van der Waals surface area contributed by atoms with Gasteiger partial charge in [0.15, 0.2) is 0 Å². The van der Waals surface area contributed by atoms with E-state index in [0.717, 1.165) is 25.7 Å². The van der Waals surface area contributed by atoms with Gasteiger partial charge in [-0.3, -0.25) is 0 Å². The van der Waals surface area contributed by atoms with Crippen molar-refractivity contribution >= 4 is 6.03 Å². The Morgan fingerprint density at radius 2 is 2.21 bits per heavy atom. The third kappa shape index (κ3) is 3.73. The van der Waals surface area contributed by atoms with Crippen molar-refractivity contribution in [1.82, 2.24) is 10.2 Å². The smallest absolute Gasteiger partial charge is 0.318 e. The van der Waals surface area contributed by atoms with E-state index in [4.69, 9.17) is 4.74 Å². The van der Waals surface area contributed by atoms with Gasteiger partial charge in [-0.25, -0.2) is 4.79 Å². The van der Waals surface area contributed by atoms with E-state index in [9.17, 15) is 9.90 Å². The predicted octanol–water partition coefficient (Wildman–Crippen LogP) is 2.64. The minimum Gasteiger partial charge on any atom is -0.396 e. The zero-order valence-electron chi connectivity index (χ0n) is 14.4. The number of fused-ring (bicyclic) bond motifs is 1. The number of amides is 2. The number of urea groups is 1. The number of aliphatic hydroxyl groups excluding tert-OH is 1. The molecule has 24 heavy (non-hydrogen) atoms. The van der Waals surface area contributed by atoms with Crippen LogP contribution in [-0.2, 0) is 11.2 Å². The van der Waals surface area contributed by atoms with Gasteiger partial charge in [-0.15, -0.1) is 0 Å². The summed E-state index contributed by atoms with van der Waals surface area (Å²) in [6.45, 7) is 3.38. The van der Waals surface area contributed by atoms with Crippen LogP contribution in [-0.4, -0.2) is 47.9 Å². The molecule has 1 aliphatic carbocycles. The van der Waals surface area contributed by atoms with Crippen LogP contribution < -0.4 is 5.32 Å². The average molecular weight is 332 g/mol. The van der Waals surface area contributed by atoms with Crippen LogP contribution in [0.4, 0.5) is 4.79 Å². The third-order valence-corrected chi connectivity index (χ3v) is 5.22. The number of rotatable bonds is 5. The Morgan fingerprint density at radius 3 is 2.96 bits per heavy atom. The summed E-state index contributed by atoms with van der Waals surface area (Å²) >= 11 is 0. The lowest BCUT2D eigenvalue weighted by molar-refractivity contribution is 0.109. The minimum atomic E-state index is -0.0347. The highest BCUT2D eigenvalue weighted by Gasteiger charge is 2.32. The topological polar surface area (TPSA) is 61.8 Å². The minimum absolute atomic E-state index is 0.0347. The van der Waals surface area contributed by atoms with Crippen molar-refractivity contribution in [2.45, 2.75) is 57.2 Å². The van der Waals surface area contributed by atoms with Crippen molar-refractivity contribution in [2.75, 3.05) is 19.8 Å². The molecule has 0 bridgehead atoms. The number of nitrogens with one attached hydrogen (secondary N) is 1. The number of hydrogen-bond acceptors (Lipinski definition) is 3. The Labute approximate surface area is 144 Å². The van der Waals surface area contributed by atoms with Crippen LogP contribution in [0.25, 0.3) is 0 Å². The van der Waals surface area contributed by atoms with Gasteiger partial charge in [0.2, 0.25) is 0 Å². The Balaban J connectivity index is 1.77. The van der Waals surface area contributed by atoms with Crippen molar-refractivity contribution in [3.8, 4) is 0 Å². The Morgan fingerprint density at radius 1 is 1.38 bits per heavy atom. The van der Waals surface area contributed by atoms with E-state index >= 15 is 0 Å². The van der Waals surface area contributed by atoms with Crippen LogP contribution in [0.1, 0.15) is 49.8 Å². The molecule has 5 nitrogen and oxygen atoms in total. The fraction of sp³-hybridized carbons (Fsp3) is 0.632. The van der Waals surface area contributed by atoms with Crippen molar-refractivity contribution in [3.63, 3.8) is 0 Å². The first kappa shape index (κ1) is 17.2. The Bertz CT molecular complexity index is 563. The maximum atomic E-state index is 12.9. The normalized spacial score (nSPS) is 26.0. The van der Waals surface area contributed by atoms with Crippen LogP contribution in [0.2, 0.25) is 0 Å². The van der Waals surface area contributed by atoms with E-state index in [1.54, 1.807) is 0 Å². The van der Waals surface area contributed by atoms with Gasteiger partial charge >= 0.3 is 6.03 Å². The molecule has 1 saturated heterocycles. The molecule has 0 radical (unpaired) electrons. The van der Waals surface area contributed by atoms with Gasteiger partial charge in [0.25, 0.3) is 0 Å². The molecule has 0 spiro atoms. The molecule has 0 aromatic heterocycles. The van der Waals surface area contributed by atoms with Gasteiger partial charge in [0.05, 0.1) is 18.2 Å². The zero-order valence-corrected chi connectivity index (χ0v) is 14.4. The molecular weight excluding hydrogens is 304 g/mol. The number of aryl methyl sites for hydroxylation is 1. The first-order valence-electron chi connectivity index (χ1n) is 9.08. The second kappa shape index (κ2) is 7.99. The van der Waals surface area contributed by atoms with Crippen LogP contribution in [0.3, 0.4) is 0 Å². The monoisotopic (exact) mass is 332 g/mol. The van der Waals surface area contributed by atoms with Crippen LogP contribution >= 0.6 is 0 Å². The lowest BCUT2D eigenvalue weighted by Gasteiger charge is -2.36. The Hall–Kier alpha value is -1.59. The zero-order chi connectivity index (χ0) is 16.9. The maximum absolute atomic E-state index is 12.9. The molecule has 1 fully saturated rings. The van der Waals surface area contributed by atoms with Crippen molar-refractivity contribution in [2.24, 2.45) is 0 Å². The Kier molecular flexibility index (Phi) is 5.74. The van der Waals surface area contributed by atoms with Gasteiger partial charge in [-0.1, -0.05) is 24.3 Å². The lowest BCUT2D eigenvalue weighted by atomic mass is 9.87. The molecule has 3 rings (SSSR count). The average Bonchev–Trinajstić information content (AvgIpc) is 3.00. The standard InChI is InChI=1S/C19H28N2O3/c1-14-17(10-13-24-14)20-19(23)21(11-5-12-22)18-9-4-7-15-6-2-3-8-16(15)18/h2-3,6,8,14,17-18,22H,4-5,7,9-13H2,1H3,(H,20,23). The largest absolute Gasteiger partial charge is 0.396 e. The molecule has 132 valence electrons. The van der Waals surface area contributed by atoms with E-state index in [-0.39, 0.29) is 30.8 Å². The van der Waals surface area contributed by atoms with Crippen molar-refractivity contribution in [3.05, 3.63) is 35.4 Å². The summed E-state index contributed by atoms with van der Waals surface area (Å²) in [5, 5.41) is 12.4. The molecule has 1 aromatic rings. The molecule has 2 aliphatic rings. The second-order valence-corrected chi connectivity index (χ2v) is 6.80. The van der Waals surface area contributed by atoms with Gasteiger partial charge < -0.3 is 20.1 Å². The van der Waals surface area contributed by atoms with Crippen LogP contribution in [0.15, 0.2) is 24.3 Å². The molecule has 3 atom stereocenters. The number of benzene rings is 1. The lowest BCUT2D eigenvalue weighted by Crippen LogP contribution is -2.49. The predicted molar refractivity (Wildman–Crippen MR) is 92.9 cm³/mol. The summed E-state index contributed by atoms with van der Waals surface area (Å²) in [7, 11) is 0. The number of nitrogens with zero attached hydrogens (tertiary/aromatic N) is 1. The molecule has 1 heterocycles. The summed E-state index contributed by atoms with van der Waals surface area (Å²) in [6, 6.07) is 8.55. The first-order chi connectivity index (χ1) is 11.7. The number of aliphatic hydroxyl groups is 1. The summed E-state index contributed by atoms with van der Waals surface area (Å²) in [4.78, 5) is 14.9. The van der Waals surface area contributed by atoms with Crippen LogP contribution in [0, 0.1) is 0 Å². The highest BCUT2D eigenvalue weighted by atomic mass is 16.5. The quantitative estimate of drug-likeness (QED) is 0.871. The van der Waals surface area contributed by atoms with E-state index in [1.165, 1.54) is 11.1 Å². The van der Waals surface area contributed by atoms with Crippen molar-refractivity contribution in [1.29, 1.82) is 0 Å².